The van der Waals surface area contributed by atoms with Crippen LogP contribution in [0.1, 0.15) is 37.5 Å². The fourth-order valence-corrected chi connectivity index (χ4v) is 3.26. The van der Waals surface area contributed by atoms with E-state index in [2.05, 4.69) is 0 Å². The third-order valence-corrected chi connectivity index (χ3v) is 4.24. The third kappa shape index (κ3) is 3.13. The van der Waals surface area contributed by atoms with Gasteiger partial charge in [0.15, 0.2) is 0 Å². The lowest BCUT2D eigenvalue weighted by atomic mass is 10.1. The number of aromatic carboxylic acids is 1. The topological polar surface area (TPSA) is 68.5 Å². The maximum Gasteiger partial charge on any atom is 0.352 e. The molecule has 0 aliphatic rings. The van der Waals surface area contributed by atoms with Gasteiger partial charge in [-0.15, -0.1) is 0 Å². The number of ether oxygens (including phenoxy) is 1. The molecule has 0 atom stereocenters. The Balaban J connectivity index is 2.14. The average Bonchev–Trinajstić information content (AvgIpc) is 2.93. The van der Waals surface area contributed by atoms with Gasteiger partial charge in [-0.3, -0.25) is 0 Å². The number of fused-ring (bicyclic) bond motifs is 1. The van der Waals surface area contributed by atoms with Crippen LogP contribution in [-0.2, 0) is 11.3 Å². The lowest BCUT2D eigenvalue weighted by molar-refractivity contribution is 0.0599. The van der Waals surface area contributed by atoms with Crippen molar-refractivity contribution in [3.05, 3.63) is 70.4 Å². The van der Waals surface area contributed by atoms with Crippen LogP contribution in [0.25, 0.3) is 10.9 Å². The van der Waals surface area contributed by atoms with Gasteiger partial charge in [0.1, 0.15) is 5.69 Å². The minimum absolute atomic E-state index is 0.229. The van der Waals surface area contributed by atoms with Crippen molar-refractivity contribution in [2.45, 2.75) is 20.4 Å². The Morgan fingerprint density at radius 1 is 1.12 bits per heavy atom. The highest BCUT2D eigenvalue weighted by atomic mass is 16.5. The van der Waals surface area contributed by atoms with Crippen molar-refractivity contribution < 1.29 is 19.4 Å². The molecule has 2 aromatic carbocycles. The monoisotopic (exact) mass is 337 g/mol. The number of carboxylic acids is 1. The molecule has 5 heteroatoms. The summed E-state index contributed by atoms with van der Waals surface area (Å²) < 4.78 is 6.53. The van der Waals surface area contributed by atoms with Crippen LogP contribution >= 0.6 is 0 Å². The number of hydrogen-bond acceptors (Lipinski definition) is 3. The molecule has 3 aromatic rings. The van der Waals surface area contributed by atoms with E-state index in [4.69, 9.17) is 4.74 Å². The van der Waals surface area contributed by atoms with Crippen LogP contribution in [0.5, 0.6) is 0 Å². The van der Waals surface area contributed by atoms with E-state index in [0.717, 1.165) is 27.6 Å². The summed E-state index contributed by atoms with van der Waals surface area (Å²) in [4.78, 5) is 23.4. The normalized spacial score (nSPS) is 10.8. The van der Waals surface area contributed by atoms with Gasteiger partial charge in [-0.2, -0.15) is 0 Å². The van der Waals surface area contributed by atoms with E-state index in [9.17, 15) is 14.7 Å². The minimum Gasteiger partial charge on any atom is -0.477 e. The van der Waals surface area contributed by atoms with Crippen LogP contribution < -0.4 is 0 Å². The molecule has 0 bridgehead atoms. The van der Waals surface area contributed by atoms with Gasteiger partial charge in [0.25, 0.3) is 0 Å². The van der Waals surface area contributed by atoms with Gasteiger partial charge in [0.2, 0.25) is 0 Å². The summed E-state index contributed by atoms with van der Waals surface area (Å²) in [6.07, 6.45) is 0. The van der Waals surface area contributed by atoms with Crippen LogP contribution in [0.15, 0.2) is 42.5 Å². The summed E-state index contributed by atoms with van der Waals surface area (Å²) in [5.41, 5.74) is 4.51. The Morgan fingerprint density at radius 2 is 1.88 bits per heavy atom. The van der Waals surface area contributed by atoms with E-state index < -0.39 is 11.9 Å². The van der Waals surface area contributed by atoms with Gasteiger partial charge in [0.05, 0.1) is 18.2 Å². The first kappa shape index (κ1) is 16.8. The van der Waals surface area contributed by atoms with Crippen LogP contribution in [-0.4, -0.2) is 28.7 Å². The molecule has 0 aliphatic heterocycles. The first-order chi connectivity index (χ1) is 11.9. The number of benzene rings is 2. The molecule has 0 saturated heterocycles. The fraction of sp³-hybridized carbons (Fsp3) is 0.200. The van der Waals surface area contributed by atoms with E-state index in [-0.39, 0.29) is 5.69 Å². The van der Waals surface area contributed by atoms with Crippen LogP contribution in [0.3, 0.4) is 0 Å². The van der Waals surface area contributed by atoms with Crippen molar-refractivity contribution in [3.8, 4) is 0 Å². The van der Waals surface area contributed by atoms with E-state index in [1.807, 2.05) is 32.0 Å². The van der Waals surface area contributed by atoms with E-state index >= 15 is 0 Å². The zero-order valence-electron chi connectivity index (χ0n) is 14.4. The maximum atomic E-state index is 11.7. The molecule has 5 nitrogen and oxygen atoms in total. The second-order valence-corrected chi connectivity index (χ2v) is 6.13. The zero-order valence-corrected chi connectivity index (χ0v) is 14.4. The van der Waals surface area contributed by atoms with Gasteiger partial charge >= 0.3 is 11.9 Å². The second kappa shape index (κ2) is 6.43. The molecular weight excluding hydrogens is 318 g/mol. The van der Waals surface area contributed by atoms with Crippen molar-refractivity contribution in [1.29, 1.82) is 0 Å². The summed E-state index contributed by atoms with van der Waals surface area (Å²) in [6, 6.07) is 12.8. The minimum atomic E-state index is -0.975. The highest BCUT2D eigenvalue weighted by Gasteiger charge is 2.17. The molecule has 25 heavy (non-hydrogen) atoms. The van der Waals surface area contributed by atoms with Gasteiger partial charge in [0, 0.05) is 11.9 Å². The summed E-state index contributed by atoms with van der Waals surface area (Å²) >= 11 is 0. The van der Waals surface area contributed by atoms with Crippen molar-refractivity contribution in [3.63, 3.8) is 0 Å². The van der Waals surface area contributed by atoms with Crippen molar-refractivity contribution >= 4 is 22.8 Å². The van der Waals surface area contributed by atoms with Gasteiger partial charge in [-0.25, -0.2) is 9.59 Å². The Labute approximate surface area is 145 Å². The summed E-state index contributed by atoms with van der Waals surface area (Å²) in [7, 11) is 1.34. The quantitative estimate of drug-likeness (QED) is 0.736. The SMILES string of the molecule is COC(=O)c1cccc(Cn2c(C(=O)O)cc3cc(C)cc(C)c32)c1. The number of carbonyl (C=O) groups is 2. The molecule has 0 spiro atoms. The standard InChI is InChI=1S/C20H19NO4/c1-12-7-13(2)18-16(8-12)10-17(19(22)23)21(18)11-14-5-4-6-15(9-14)20(24)25-3/h4-10H,11H2,1-3H3,(H,22,23). The number of carboxylic acid groups (broad SMARTS) is 1. The molecule has 1 heterocycles. The Kier molecular flexibility index (Phi) is 4.31. The number of carbonyl (C=O) groups excluding carboxylic acids is 1. The van der Waals surface area contributed by atoms with Crippen LogP contribution in [0.4, 0.5) is 0 Å². The number of aryl methyl sites for hydroxylation is 2. The van der Waals surface area contributed by atoms with E-state index in [1.165, 1.54) is 7.11 Å². The average molecular weight is 337 g/mol. The van der Waals surface area contributed by atoms with E-state index in [0.29, 0.717) is 12.1 Å². The number of nitrogens with zero attached hydrogens (tertiary/aromatic N) is 1. The Morgan fingerprint density at radius 3 is 2.56 bits per heavy atom. The fourth-order valence-electron chi connectivity index (χ4n) is 3.26. The molecule has 128 valence electrons. The predicted octanol–water partition coefficient (Wildman–Crippen LogP) is 3.79. The molecule has 0 unspecified atom stereocenters. The smallest absolute Gasteiger partial charge is 0.352 e. The molecular formula is C20H19NO4. The lowest BCUT2D eigenvalue weighted by Crippen LogP contribution is -2.10. The molecule has 3 rings (SSSR count). The zero-order chi connectivity index (χ0) is 18.1. The van der Waals surface area contributed by atoms with Crippen molar-refractivity contribution in [2.75, 3.05) is 7.11 Å². The van der Waals surface area contributed by atoms with Gasteiger partial charge in [-0.1, -0.05) is 23.8 Å². The molecule has 0 amide bonds. The summed E-state index contributed by atoms with van der Waals surface area (Å²) in [5, 5.41) is 10.5. The maximum absolute atomic E-state index is 11.7. The van der Waals surface area contributed by atoms with E-state index in [1.54, 1.807) is 28.8 Å². The number of rotatable bonds is 4. The Bertz CT molecular complexity index is 985. The molecule has 1 N–H and O–H groups in total. The molecule has 0 aliphatic carbocycles. The second-order valence-electron chi connectivity index (χ2n) is 6.13. The van der Waals surface area contributed by atoms with Crippen molar-refractivity contribution in [2.24, 2.45) is 0 Å². The van der Waals surface area contributed by atoms with Crippen LogP contribution in [0.2, 0.25) is 0 Å². The highest BCUT2D eigenvalue weighted by Crippen LogP contribution is 2.26. The third-order valence-electron chi connectivity index (χ3n) is 4.24. The highest BCUT2D eigenvalue weighted by molar-refractivity contribution is 5.96. The summed E-state index contributed by atoms with van der Waals surface area (Å²) in [6.45, 7) is 4.33. The first-order valence-corrected chi connectivity index (χ1v) is 7.91. The number of methoxy groups -OCH3 is 1. The van der Waals surface area contributed by atoms with Gasteiger partial charge < -0.3 is 14.4 Å². The predicted molar refractivity (Wildman–Crippen MR) is 95.3 cm³/mol. The van der Waals surface area contributed by atoms with Gasteiger partial charge in [-0.05, 0) is 49.2 Å². The van der Waals surface area contributed by atoms with Crippen molar-refractivity contribution in [1.82, 2.24) is 4.57 Å². The number of aromatic nitrogens is 1. The number of esters is 1. The lowest BCUT2D eigenvalue weighted by Gasteiger charge is -2.11. The number of hydrogen-bond donors (Lipinski definition) is 1. The largest absolute Gasteiger partial charge is 0.477 e. The molecule has 0 fully saturated rings. The van der Waals surface area contributed by atoms with Crippen LogP contribution in [0, 0.1) is 13.8 Å². The molecule has 0 radical (unpaired) electrons. The molecule has 1 aromatic heterocycles. The molecule has 0 saturated carbocycles. The summed E-state index contributed by atoms with van der Waals surface area (Å²) in [5.74, 6) is -1.39. The first-order valence-electron chi connectivity index (χ1n) is 7.91. The Hall–Kier alpha value is -3.08.